The van der Waals surface area contributed by atoms with Crippen molar-refractivity contribution in [2.75, 3.05) is 0 Å². The zero-order valence-corrected chi connectivity index (χ0v) is 8.39. The maximum Gasteiger partial charge on any atom is 0.387 e. The third-order valence-corrected chi connectivity index (χ3v) is 1.85. The fourth-order valence-electron chi connectivity index (χ4n) is 1.10. The Morgan fingerprint density at radius 1 is 1.53 bits per heavy atom. The van der Waals surface area contributed by atoms with Gasteiger partial charge in [0.25, 0.3) is 0 Å². The second-order valence-electron chi connectivity index (χ2n) is 2.83. The van der Waals surface area contributed by atoms with Gasteiger partial charge in [0.15, 0.2) is 0 Å². The summed E-state index contributed by atoms with van der Waals surface area (Å²) in [5.41, 5.74) is 5.54. The second kappa shape index (κ2) is 4.93. The summed E-state index contributed by atoms with van der Waals surface area (Å²) < 4.78 is 28.3. The average Bonchev–Trinajstić information content (AvgIpc) is 2.08. The van der Waals surface area contributed by atoms with Crippen molar-refractivity contribution >= 4 is 17.4 Å². The molecule has 0 saturated heterocycles. The predicted molar refractivity (Wildman–Crippen MR) is 53.7 cm³/mol. The summed E-state index contributed by atoms with van der Waals surface area (Å²) >= 11 is 5.68. The van der Waals surface area contributed by atoms with Gasteiger partial charge in [-0.3, -0.25) is 5.41 Å². The van der Waals surface area contributed by atoms with Crippen molar-refractivity contribution in [1.29, 1.82) is 5.41 Å². The number of nitrogens with two attached hydrogens (primary N) is 1. The number of benzene rings is 1. The molecular weight excluding hydrogens is 226 g/mol. The van der Waals surface area contributed by atoms with Crippen LogP contribution in [0.3, 0.4) is 0 Å². The van der Waals surface area contributed by atoms with E-state index in [4.69, 9.17) is 22.7 Å². The van der Waals surface area contributed by atoms with Crippen LogP contribution < -0.4 is 10.5 Å². The molecule has 0 saturated carbocycles. The minimum Gasteiger partial charge on any atom is -0.435 e. The highest BCUT2D eigenvalue weighted by Crippen LogP contribution is 2.24. The first-order valence-corrected chi connectivity index (χ1v) is 4.43. The summed E-state index contributed by atoms with van der Waals surface area (Å²) in [4.78, 5) is 0. The van der Waals surface area contributed by atoms with Gasteiger partial charge >= 0.3 is 6.61 Å². The van der Waals surface area contributed by atoms with Gasteiger partial charge in [-0.25, -0.2) is 0 Å². The zero-order chi connectivity index (χ0) is 11.4. The van der Waals surface area contributed by atoms with Crippen LogP contribution in [0.4, 0.5) is 8.78 Å². The number of halogens is 3. The first kappa shape index (κ1) is 11.7. The van der Waals surface area contributed by atoms with Crippen molar-refractivity contribution in [3.63, 3.8) is 0 Å². The first-order valence-electron chi connectivity index (χ1n) is 4.05. The molecule has 3 nitrogen and oxygen atoms in total. The molecule has 0 heterocycles. The first-order chi connectivity index (χ1) is 6.99. The van der Waals surface area contributed by atoms with Gasteiger partial charge in [0.1, 0.15) is 5.75 Å². The standard InChI is InChI=1S/C9H9ClF2N2O/c10-6-1-2-7(15-9(11)12)5(3-6)4-8(13)14/h1-3,9H,4H2,(H3,13,14). The molecule has 15 heavy (non-hydrogen) atoms. The van der Waals surface area contributed by atoms with Gasteiger partial charge in [-0.15, -0.1) is 0 Å². The highest BCUT2D eigenvalue weighted by molar-refractivity contribution is 6.30. The Hall–Kier alpha value is -1.36. The summed E-state index contributed by atoms with van der Waals surface area (Å²) in [5, 5.41) is 7.46. The van der Waals surface area contributed by atoms with Crippen molar-refractivity contribution in [2.45, 2.75) is 13.0 Å². The van der Waals surface area contributed by atoms with Crippen LogP contribution in [0.5, 0.6) is 5.75 Å². The number of nitrogens with one attached hydrogen (secondary N) is 1. The number of rotatable bonds is 4. The lowest BCUT2D eigenvalue weighted by Crippen LogP contribution is -2.14. The molecule has 0 bridgehead atoms. The zero-order valence-electron chi connectivity index (χ0n) is 7.64. The molecule has 0 aliphatic rings. The van der Waals surface area contributed by atoms with E-state index >= 15 is 0 Å². The molecule has 1 aromatic carbocycles. The van der Waals surface area contributed by atoms with Gasteiger partial charge in [0, 0.05) is 17.0 Å². The summed E-state index contributed by atoms with van der Waals surface area (Å²) in [5.74, 6) is -0.152. The SMILES string of the molecule is N=C(N)Cc1cc(Cl)ccc1OC(F)F. The molecule has 0 unspecified atom stereocenters. The smallest absolute Gasteiger partial charge is 0.387 e. The second-order valence-corrected chi connectivity index (χ2v) is 3.27. The van der Waals surface area contributed by atoms with E-state index in [1.807, 2.05) is 0 Å². The maximum absolute atomic E-state index is 12.0. The highest BCUT2D eigenvalue weighted by Gasteiger charge is 2.10. The quantitative estimate of drug-likeness (QED) is 0.621. The Labute approximate surface area is 90.3 Å². The minimum absolute atomic E-state index is 0.00963. The third-order valence-electron chi connectivity index (χ3n) is 1.62. The van der Waals surface area contributed by atoms with Gasteiger partial charge in [-0.1, -0.05) is 11.6 Å². The Morgan fingerprint density at radius 3 is 2.73 bits per heavy atom. The number of ether oxygens (including phenoxy) is 1. The largest absolute Gasteiger partial charge is 0.435 e. The Kier molecular flexibility index (Phi) is 3.85. The summed E-state index contributed by atoms with van der Waals surface area (Å²) in [7, 11) is 0. The fraction of sp³-hybridized carbons (Fsp3) is 0.222. The third kappa shape index (κ3) is 3.71. The van der Waals surface area contributed by atoms with E-state index in [0.29, 0.717) is 10.6 Å². The van der Waals surface area contributed by atoms with Gasteiger partial charge < -0.3 is 10.5 Å². The molecule has 82 valence electrons. The van der Waals surface area contributed by atoms with Crippen LogP contribution >= 0.6 is 11.6 Å². The van der Waals surface area contributed by atoms with E-state index < -0.39 is 6.61 Å². The minimum atomic E-state index is -2.91. The van der Waals surface area contributed by atoms with Crippen molar-refractivity contribution < 1.29 is 13.5 Å². The Morgan fingerprint density at radius 2 is 2.20 bits per heavy atom. The van der Waals surface area contributed by atoms with Crippen LogP contribution in [-0.4, -0.2) is 12.4 Å². The molecule has 0 atom stereocenters. The summed E-state index contributed by atoms with van der Waals surface area (Å²) in [6.07, 6.45) is 0.0304. The molecule has 0 aromatic heterocycles. The number of amidine groups is 1. The van der Waals surface area contributed by atoms with Crippen LogP contribution in [0.1, 0.15) is 5.56 Å². The average molecular weight is 235 g/mol. The highest BCUT2D eigenvalue weighted by atomic mass is 35.5. The Bertz CT molecular complexity index is 371. The van der Waals surface area contributed by atoms with Crippen LogP contribution in [0.25, 0.3) is 0 Å². The fourth-order valence-corrected chi connectivity index (χ4v) is 1.30. The number of alkyl halides is 2. The molecule has 1 aromatic rings. The van der Waals surface area contributed by atoms with Crippen molar-refractivity contribution in [3.8, 4) is 5.75 Å². The molecule has 0 spiro atoms. The lowest BCUT2D eigenvalue weighted by atomic mass is 10.1. The predicted octanol–water partition coefficient (Wildman–Crippen LogP) is 2.42. The molecule has 0 fully saturated rings. The van der Waals surface area contributed by atoms with Gasteiger partial charge in [-0.05, 0) is 18.2 Å². The van der Waals surface area contributed by atoms with Gasteiger partial charge in [0.05, 0.1) is 5.84 Å². The molecule has 1 rings (SSSR count). The molecule has 3 N–H and O–H groups in total. The van der Waals surface area contributed by atoms with Crippen molar-refractivity contribution in [2.24, 2.45) is 5.73 Å². The number of hydrogen-bond acceptors (Lipinski definition) is 2. The van der Waals surface area contributed by atoms with Crippen molar-refractivity contribution in [3.05, 3.63) is 28.8 Å². The van der Waals surface area contributed by atoms with Crippen LogP contribution in [0.15, 0.2) is 18.2 Å². The van der Waals surface area contributed by atoms with E-state index in [9.17, 15) is 8.78 Å². The van der Waals surface area contributed by atoms with Crippen LogP contribution in [-0.2, 0) is 6.42 Å². The lowest BCUT2D eigenvalue weighted by Gasteiger charge is -2.10. The maximum atomic E-state index is 12.0. The van der Waals surface area contributed by atoms with Gasteiger partial charge in [0.2, 0.25) is 0 Å². The molecule has 0 radical (unpaired) electrons. The normalized spacial score (nSPS) is 10.4. The van der Waals surface area contributed by atoms with E-state index in [-0.39, 0.29) is 18.0 Å². The molecule has 0 aliphatic heterocycles. The van der Waals surface area contributed by atoms with E-state index in [1.165, 1.54) is 18.2 Å². The van der Waals surface area contributed by atoms with Crippen molar-refractivity contribution in [1.82, 2.24) is 0 Å². The summed E-state index contributed by atoms with van der Waals surface area (Å²) in [6.45, 7) is -2.91. The van der Waals surface area contributed by atoms with E-state index in [0.717, 1.165) is 0 Å². The van der Waals surface area contributed by atoms with Crippen LogP contribution in [0.2, 0.25) is 5.02 Å². The van der Waals surface area contributed by atoms with E-state index in [1.54, 1.807) is 0 Å². The molecule has 6 heteroatoms. The Balaban J connectivity index is 2.97. The van der Waals surface area contributed by atoms with E-state index in [2.05, 4.69) is 4.74 Å². The molecule has 0 amide bonds. The monoisotopic (exact) mass is 234 g/mol. The molecular formula is C9H9ClF2N2O. The topological polar surface area (TPSA) is 59.1 Å². The number of hydrogen-bond donors (Lipinski definition) is 2. The van der Waals surface area contributed by atoms with Crippen LogP contribution in [0, 0.1) is 5.41 Å². The molecule has 0 aliphatic carbocycles. The summed E-state index contributed by atoms with van der Waals surface area (Å²) in [6, 6.07) is 4.20. The van der Waals surface area contributed by atoms with Gasteiger partial charge in [-0.2, -0.15) is 8.78 Å². The lowest BCUT2D eigenvalue weighted by molar-refractivity contribution is -0.0503.